The van der Waals surface area contributed by atoms with Crippen molar-refractivity contribution in [3.05, 3.63) is 26.7 Å². The summed E-state index contributed by atoms with van der Waals surface area (Å²) in [5.41, 5.74) is 0.702. The zero-order chi connectivity index (χ0) is 21.7. The molecule has 0 aromatic heterocycles. The number of rotatable bonds is 8. The lowest BCUT2D eigenvalue weighted by molar-refractivity contribution is -0.384. The first-order chi connectivity index (χ1) is 14.4. The van der Waals surface area contributed by atoms with Gasteiger partial charge < -0.3 is 19.1 Å². The van der Waals surface area contributed by atoms with Crippen LogP contribution in [0, 0.1) is 10.1 Å². The summed E-state index contributed by atoms with van der Waals surface area (Å²) in [6.45, 7) is 6.25. The lowest BCUT2D eigenvalue weighted by Crippen LogP contribution is -2.53. The van der Waals surface area contributed by atoms with E-state index < -0.39 is 11.1 Å². The Bertz CT molecular complexity index is 768. The molecule has 2 fully saturated rings. The molecule has 0 radical (unpaired) electrons. The zero-order valence-corrected chi connectivity index (χ0v) is 19.5. The topological polar surface area (TPSA) is 102 Å². The SMILES string of the molecule is COc1cc(N2CCC(N3CCN(CCCS(=O)[O-])CC3)CC2)c([N+](=O)[O-])cc1Br. The maximum Gasteiger partial charge on any atom is 0.293 e. The molecule has 1 unspecified atom stereocenters. The molecule has 0 bridgehead atoms. The van der Waals surface area contributed by atoms with E-state index in [0.717, 1.165) is 58.7 Å². The van der Waals surface area contributed by atoms with Gasteiger partial charge in [-0.05, 0) is 41.7 Å². The molecule has 0 spiro atoms. The van der Waals surface area contributed by atoms with E-state index >= 15 is 0 Å². The number of piperidine rings is 1. The first-order valence-corrected chi connectivity index (χ1v) is 12.2. The second-order valence-electron chi connectivity index (χ2n) is 7.69. The van der Waals surface area contributed by atoms with Gasteiger partial charge in [0.05, 0.1) is 16.5 Å². The third kappa shape index (κ3) is 5.91. The van der Waals surface area contributed by atoms with E-state index in [-0.39, 0.29) is 16.4 Å². The molecule has 30 heavy (non-hydrogen) atoms. The Balaban J connectivity index is 1.53. The van der Waals surface area contributed by atoms with Crippen LogP contribution >= 0.6 is 15.9 Å². The highest BCUT2D eigenvalue weighted by atomic mass is 79.9. The van der Waals surface area contributed by atoms with Crippen LogP contribution in [0.2, 0.25) is 0 Å². The van der Waals surface area contributed by atoms with Crippen LogP contribution in [-0.2, 0) is 11.1 Å². The summed E-state index contributed by atoms with van der Waals surface area (Å²) in [6.07, 6.45) is 2.61. The summed E-state index contributed by atoms with van der Waals surface area (Å²) in [5, 5.41) is 11.5. The van der Waals surface area contributed by atoms with Crippen LogP contribution in [-0.4, -0.2) is 88.2 Å². The molecule has 0 N–H and O–H groups in total. The monoisotopic (exact) mass is 503 g/mol. The Hall–Kier alpha value is -1.27. The van der Waals surface area contributed by atoms with Crippen molar-refractivity contribution in [3.63, 3.8) is 0 Å². The predicted octanol–water partition coefficient (Wildman–Crippen LogP) is 2.22. The average molecular weight is 504 g/mol. The summed E-state index contributed by atoms with van der Waals surface area (Å²) in [6, 6.07) is 3.74. The number of ether oxygens (including phenoxy) is 1. The fraction of sp³-hybridized carbons (Fsp3) is 0.684. The molecule has 3 rings (SSSR count). The first kappa shape index (κ1) is 23.4. The molecule has 1 aromatic carbocycles. The van der Waals surface area contributed by atoms with Crippen LogP contribution in [0.15, 0.2) is 16.6 Å². The van der Waals surface area contributed by atoms with E-state index in [1.54, 1.807) is 13.2 Å². The Morgan fingerprint density at radius 3 is 2.43 bits per heavy atom. The van der Waals surface area contributed by atoms with Crippen LogP contribution in [0.3, 0.4) is 0 Å². The van der Waals surface area contributed by atoms with Crippen molar-refractivity contribution in [1.29, 1.82) is 0 Å². The van der Waals surface area contributed by atoms with Crippen LogP contribution in [0.4, 0.5) is 11.4 Å². The van der Waals surface area contributed by atoms with Gasteiger partial charge in [-0.15, -0.1) is 0 Å². The van der Waals surface area contributed by atoms with E-state index in [0.29, 0.717) is 28.4 Å². The number of piperazine rings is 1. The fourth-order valence-corrected chi connectivity index (χ4v) is 5.18. The van der Waals surface area contributed by atoms with Gasteiger partial charge in [0.25, 0.3) is 5.69 Å². The molecule has 9 nitrogen and oxygen atoms in total. The van der Waals surface area contributed by atoms with E-state index in [9.17, 15) is 18.9 Å². The van der Waals surface area contributed by atoms with Crippen molar-refractivity contribution < 1.29 is 18.4 Å². The first-order valence-electron chi connectivity index (χ1n) is 10.2. The van der Waals surface area contributed by atoms with Gasteiger partial charge in [-0.3, -0.25) is 19.2 Å². The second kappa shape index (κ2) is 10.9. The van der Waals surface area contributed by atoms with Crippen LogP contribution in [0.1, 0.15) is 19.3 Å². The molecular formula is C19H28BrN4O5S-. The average Bonchev–Trinajstić information content (AvgIpc) is 2.74. The van der Waals surface area contributed by atoms with Gasteiger partial charge in [0.2, 0.25) is 0 Å². The number of hydrogen-bond acceptors (Lipinski definition) is 8. The lowest BCUT2D eigenvalue weighted by atomic mass is 10.0. The maximum atomic E-state index is 11.5. The molecule has 1 atom stereocenters. The molecule has 0 amide bonds. The van der Waals surface area contributed by atoms with Crippen molar-refractivity contribution in [2.75, 3.05) is 63.6 Å². The highest BCUT2D eigenvalue weighted by molar-refractivity contribution is 9.10. The number of nitrogens with zero attached hydrogens (tertiary/aromatic N) is 4. The van der Waals surface area contributed by atoms with Crippen molar-refractivity contribution >= 4 is 38.4 Å². The normalized spacial score (nSPS) is 20.3. The minimum atomic E-state index is -1.95. The minimum Gasteiger partial charge on any atom is -0.772 e. The number of anilines is 1. The fourth-order valence-electron chi connectivity index (χ4n) is 4.32. The molecule has 2 aliphatic heterocycles. The second-order valence-corrected chi connectivity index (χ2v) is 9.56. The van der Waals surface area contributed by atoms with Crippen molar-refractivity contribution in [1.82, 2.24) is 9.80 Å². The molecule has 1 aromatic rings. The largest absolute Gasteiger partial charge is 0.772 e. The number of nitro benzene ring substituents is 1. The van der Waals surface area contributed by atoms with Gasteiger partial charge in [0, 0.05) is 63.2 Å². The van der Waals surface area contributed by atoms with Gasteiger partial charge >= 0.3 is 0 Å². The Labute approximate surface area is 187 Å². The molecule has 0 aliphatic carbocycles. The standard InChI is InChI=1S/C19H29BrN4O5S/c1-29-19-14-17(18(24(25)26)13-16(19)20)23-6-3-15(4-7-23)22-10-8-21(9-11-22)5-2-12-30(27)28/h13-15H,2-12H2,1H3,(H,27,28)/p-1. The van der Waals surface area contributed by atoms with Crippen LogP contribution in [0.5, 0.6) is 5.75 Å². The third-order valence-electron chi connectivity index (χ3n) is 5.96. The molecule has 2 aliphatic rings. The highest BCUT2D eigenvalue weighted by Gasteiger charge is 2.30. The van der Waals surface area contributed by atoms with Crippen molar-refractivity contribution in [2.24, 2.45) is 0 Å². The van der Waals surface area contributed by atoms with E-state index in [2.05, 4.69) is 30.6 Å². The summed E-state index contributed by atoms with van der Waals surface area (Å²) in [4.78, 5) is 18.1. The Kier molecular flexibility index (Phi) is 8.46. The lowest BCUT2D eigenvalue weighted by Gasteiger charge is -2.43. The van der Waals surface area contributed by atoms with E-state index in [1.165, 1.54) is 6.07 Å². The number of nitro groups is 1. The summed E-state index contributed by atoms with van der Waals surface area (Å²) >= 11 is 1.38. The molecule has 2 heterocycles. The molecular weight excluding hydrogens is 476 g/mol. The quantitative estimate of drug-likeness (QED) is 0.302. The van der Waals surface area contributed by atoms with Gasteiger partial charge in [-0.25, -0.2) is 0 Å². The van der Waals surface area contributed by atoms with Crippen molar-refractivity contribution in [2.45, 2.75) is 25.3 Å². The zero-order valence-electron chi connectivity index (χ0n) is 17.1. The summed E-state index contributed by atoms with van der Waals surface area (Å²) in [5.74, 6) is 0.820. The summed E-state index contributed by atoms with van der Waals surface area (Å²) in [7, 11) is 1.56. The van der Waals surface area contributed by atoms with Gasteiger partial charge in [0.1, 0.15) is 11.4 Å². The Morgan fingerprint density at radius 2 is 1.87 bits per heavy atom. The van der Waals surface area contributed by atoms with E-state index in [1.807, 2.05) is 0 Å². The summed E-state index contributed by atoms with van der Waals surface area (Å²) < 4.78 is 27.2. The minimum absolute atomic E-state index is 0.0914. The molecule has 2 saturated heterocycles. The Morgan fingerprint density at radius 1 is 1.20 bits per heavy atom. The van der Waals surface area contributed by atoms with Gasteiger partial charge in [-0.2, -0.15) is 0 Å². The number of methoxy groups -OCH3 is 1. The van der Waals surface area contributed by atoms with Crippen molar-refractivity contribution in [3.8, 4) is 5.75 Å². The van der Waals surface area contributed by atoms with Gasteiger partial charge in [0.15, 0.2) is 0 Å². The van der Waals surface area contributed by atoms with Gasteiger partial charge in [-0.1, -0.05) is 11.1 Å². The predicted molar refractivity (Wildman–Crippen MR) is 119 cm³/mol. The molecule has 168 valence electrons. The smallest absolute Gasteiger partial charge is 0.293 e. The third-order valence-corrected chi connectivity index (χ3v) is 7.20. The highest BCUT2D eigenvalue weighted by Crippen LogP contribution is 2.39. The van der Waals surface area contributed by atoms with Crippen LogP contribution in [0.25, 0.3) is 0 Å². The number of hydrogen-bond donors (Lipinski definition) is 0. The van der Waals surface area contributed by atoms with E-state index in [4.69, 9.17) is 4.74 Å². The molecule has 0 saturated carbocycles. The number of benzene rings is 1. The van der Waals surface area contributed by atoms with Crippen LogP contribution < -0.4 is 9.64 Å². The number of halogens is 1. The maximum absolute atomic E-state index is 11.5. The molecule has 11 heteroatoms.